The van der Waals surface area contributed by atoms with E-state index in [0.29, 0.717) is 17.8 Å². The highest BCUT2D eigenvalue weighted by Crippen LogP contribution is 2.33. The van der Waals surface area contributed by atoms with E-state index in [1.165, 1.54) is 16.9 Å². The third-order valence-corrected chi connectivity index (χ3v) is 6.66. The molecule has 2 unspecified atom stereocenters. The zero-order valence-electron chi connectivity index (χ0n) is 17.4. The second kappa shape index (κ2) is 8.05. The molecule has 1 fully saturated rings. The summed E-state index contributed by atoms with van der Waals surface area (Å²) in [5, 5.41) is 28.2. The number of pyridine rings is 1. The SMILES string of the molecule is CC1CCC2N1C(=O)c1c(O)c(=O)c(C(=N)SC(=N)Cc3ccc(F)cc3F)cn1N2C. The number of benzene rings is 1. The van der Waals surface area contributed by atoms with Crippen molar-refractivity contribution in [3.05, 3.63) is 63.1 Å². The number of aromatic nitrogens is 1. The van der Waals surface area contributed by atoms with Gasteiger partial charge in [-0.25, -0.2) is 8.78 Å². The number of thioether (sulfide) groups is 1. The third-order valence-electron chi connectivity index (χ3n) is 5.85. The molecule has 2 aliphatic heterocycles. The molecule has 2 aliphatic rings. The molecule has 0 aliphatic carbocycles. The first kappa shape index (κ1) is 22.0. The minimum absolute atomic E-state index is 0.0286. The number of nitrogens with zero attached hydrogens (tertiary/aromatic N) is 3. The van der Waals surface area contributed by atoms with Crippen LogP contribution >= 0.6 is 11.8 Å². The van der Waals surface area contributed by atoms with E-state index < -0.39 is 28.7 Å². The van der Waals surface area contributed by atoms with Crippen LogP contribution in [0.25, 0.3) is 0 Å². The summed E-state index contributed by atoms with van der Waals surface area (Å²) in [6, 6.07) is 2.99. The van der Waals surface area contributed by atoms with Crippen LogP contribution in [0.2, 0.25) is 0 Å². The van der Waals surface area contributed by atoms with Gasteiger partial charge in [-0.05, 0) is 31.4 Å². The van der Waals surface area contributed by atoms with Crippen LogP contribution in [0.5, 0.6) is 5.75 Å². The van der Waals surface area contributed by atoms with Crippen molar-refractivity contribution < 1.29 is 18.7 Å². The smallest absolute Gasteiger partial charge is 0.278 e. The first-order valence-electron chi connectivity index (χ1n) is 9.92. The van der Waals surface area contributed by atoms with E-state index in [1.807, 2.05) is 6.92 Å². The van der Waals surface area contributed by atoms with Gasteiger partial charge in [0.25, 0.3) is 5.91 Å². The van der Waals surface area contributed by atoms with Gasteiger partial charge >= 0.3 is 0 Å². The van der Waals surface area contributed by atoms with Crippen molar-refractivity contribution in [2.75, 3.05) is 12.1 Å². The number of nitrogens with one attached hydrogen (secondary N) is 2. The van der Waals surface area contributed by atoms with E-state index in [1.54, 1.807) is 17.0 Å². The molecule has 4 rings (SSSR count). The molecule has 1 aromatic carbocycles. The highest BCUT2D eigenvalue weighted by molar-refractivity contribution is 8.26. The molecular weight excluding hydrogens is 440 g/mol. The number of hydrogen-bond donors (Lipinski definition) is 3. The highest BCUT2D eigenvalue weighted by atomic mass is 32.2. The Labute approximate surface area is 186 Å². The Morgan fingerprint density at radius 3 is 2.66 bits per heavy atom. The van der Waals surface area contributed by atoms with Gasteiger partial charge in [0, 0.05) is 31.8 Å². The van der Waals surface area contributed by atoms with Crippen LogP contribution in [0, 0.1) is 22.5 Å². The van der Waals surface area contributed by atoms with Crippen molar-refractivity contribution in [1.82, 2.24) is 9.58 Å². The van der Waals surface area contributed by atoms with Gasteiger partial charge in [0.15, 0.2) is 11.4 Å². The maximum atomic E-state index is 13.9. The fraction of sp³-hybridized carbons (Fsp3) is 0.333. The molecule has 3 N–H and O–H groups in total. The molecular formula is C21H21F2N5O3S. The van der Waals surface area contributed by atoms with Gasteiger partial charge in [0.2, 0.25) is 5.43 Å². The molecule has 1 amide bonds. The van der Waals surface area contributed by atoms with Crippen molar-refractivity contribution in [1.29, 1.82) is 10.8 Å². The number of carbonyl (C=O) groups is 1. The number of carbonyl (C=O) groups excluding carboxylic acids is 1. The van der Waals surface area contributed by atoms with E-state index in [-0.39, 0.29) is 45.5 Å². The van der Waals surface area contributed by atoms with Gasteiger partial charge in [-0.15, -0.1) is 0 Å². The van der Waals surface area contributed by atoms with Gasteiger partial charge in [0.1, 0.15) is 22.8 Å². The Morgan fingerprint density at radius 1 is 1.25 bits per heavy atom. The Hall–Kier alpha value is -3.21. The number of fused-ring (bicyclic) bond motifs is 2. The third kappa shape index (κ3) is 3.56. The monoisotopic (exact) mass is 461 g/mol. The Bertz CT molecular complexity index is 1210. The Morgan fingerprint density at radius 2 is 1.97 bits per heavy atom. The molecule has 0 radical (unpaired) electrons. The number of aromatic hydroxyl groups is 1. The number of halogens is 2. The molecule has 1 saturated heterocycles. The van der Waals surface area contributed by atoms with E-state index in [9.17, 15) is 23.5 Å². The molecule has 32 heavy (non-hydrogen) atoms. The maximum Gasteiger partial charge on any atom is 0.278 e. The van der Waals surface area contributed by atoms with E-state index in [2.05, 4.69) is 0 Å². The molecule has 2 aromatic rings. The first-order chi connectivity index (χ1) is 15.1. The number of hydrogen-bond acceptors (Lipinski definition) is 7. The standard InChI is InChI=1S/C21H21F2N5O3S/c1-10-3-6-16-26(2)27-9-13(18(29)19(30)17(27)21(31)28(10)16)20(25)32-15(24)7-11-4-5-12(22)8-14(11)23/h4-5,8-10,16,24-25,30H,3,6-7H2,1-2H3. The summed E-state index contributed by atoms with van der Waals surface area (Å²) in [6.07, 6.45) is 2.41. The normalized spacial score (nSPS) is 19.7. The van der Waals surface area contributed by atoms with Crippen LogP contribution in [0.3, 0.4) is 0 Å². The van der Waals surface area contributed by atoms with Gasteiger partial charge in [0.05, 0.1) is 10.6 Å². The second-order valence-electron chi connectivity index (χ2n) is 7.87. The minimum Gasteiger partial charge on any atom is -0.502 e. The lowest BCUT2D eigenvalue weighted by Gasteiger charge is -2.42. The Kier molecular flexibility index (Phi) is 5.53. The van der Waals surface area contributed by atoms with Gasteiger partial charge in [-0.3, -0.25) is 30.1 Å². The van der Waals surface area contributed by atoms with Crippen molar-refractivity contribution >= 4 is 27.8 Å². The van der Waals surface area contributed by atoms with Crippen LogP contribution in [0.4, 0.5) is 8.78 Å². The van der Waals surface area contributed by atoms with E-state index >= 15 is 0 Å². The van der Waals surface area contributed by atoms with E-state index in [0.717, 1.165) is 18.9 Å². The molecule has 1 aromatic heterocycles. The predicted molar refractivity (Wildman–Crippen MR) is 117 cm³/mol. The lowest BCUT2D eigenvalue weighted by Crippen LogP contribution is -2.58. The molecule has 0 spiro atoms. The van der Waals surface area contributed by atoms with Gasteiger partial charge < -0.3 is 10.0 Å². The van der Waals surface area contributed by atoms with Crippen molar-refractivity contribution in [3.8, 4) is 5.75 Å². The van der Waals surface area contributed by atoms with Gasteiger partial charge in [-0.2, -0.15) is 0 Å². The number of rotatable bonds is 3. The maximum absolute atomic E-state index is 13.9. The molecule has 3 heterocycles. The quantitative estimate of drug-likeness (QED) is 0.480. The Balaban J connectivity index is 1.62. The van der Waals surface area contributed by atoms with Crippen molar-refractivity contribution in [3.63, 3.8) is 0 Å². The van der Waals surface area contributed by atoms with Crippen LogP contribution in [-0.4, -0.2) is 49.9 Å². The highest BCUT2D eigenvalue weighted by Gasteiger charge is 2.44. The fourth-order valence-electron chi connectivity index (χ4n) is 4.18. The molecule has 11 heteroatoms. The molecule has 2 atom stereocenters. The lowest BCUT2D eigenvalue weighted by atomic mass is 10.1. The van der Waals surface area contributed by atoms with Crippen LogP contribution in [0.15, 0.2) is 29.2 Å². The lowest BCUT2D eigenvalue weighted by molar-refractivity contribution is 0.0591. The fourth-order valence-corrected chi connectivity index (χ4v) is 4.91. The average molecular weight is 461 g/mol. The van der Waals surface area contributed by atoms with Crippen molar-refractivity contribution in [2.45, 2.75) is 38.4 Å². The zero-order valence-corrected chi connectivity index (χ0v) is 18.2. The summed E-state index contributed by atoms with van der Waals surface area (Å²) >= 11 is 0.624. The van der Waals surface area contributed by atoms with Crippen molar-refractivity contribution in [2.24, 2.45) is 0 Å². The molecule has 0 saturated carbocycles. The summed E-state index contributed by atoms with van der Waals surface area (Å²) in [4.78, 5) is 27.4. The molecule has 8 nitrogen and oxygen atoms in total. The zero-order chi connectivity index (χ0) is 23.3. The van der Waals surface area contributed by atoms with Crippen LogP contribution in [-0.2, 0) is 6.42 Å². The summed E-state index contributed by atoms with van der Waals surface area (Å²) in [7, 11) is 1.73. The topological polar surface area (TPSA) is 113 Å². The minimum atomic E-state index is -0.887. The first-order valence-corrected chi connectivity index (χ1v) is 10.7. The molecule has 0 bridgehead atoms. The average Bonchev–Trinajstić information content (AvgIpc) is 3.12. The van der Waals surface area contributed by atoms with E-state index in [4.69, 9.17) is 10.8 Å². The summed E-state index contributed by atoms with van der Waals surface area (Å²) in [6.45, 7) is 1.91. The summed E-state index contributed by atoms with van der Waals surface area (Å²) < 4.78 is 28.3. The largest absolute Gasteiger partial charge is 0.502 e. The van der Waals surface area contributed by atoms with Gasteiger partial charge in [-0.1, -0.05) is 17.8 Å². The van der Waals surface area contributed by atoms with Crippen LogP contribution < -0.4 is 10.4 Å². The summed E-state index contributed by atoms with van der Waals surface area (Å²) in [5.41, 5.74) is -1.14. The predicted octanol–water partition coefficient (Wildman–Crippen LogP) is 2.64. The number of amides is 1. The summed E-state index contributed by atoms with van der Waals surface area (Å²) in [5.74, 6) is -2.73. The molecule has 168 valence electrons. The van der Waals surface area contributed by atoms with Crippen LogP contribution in [0.1, 0.15) is 41.4 Å². The second-order valence-corrected chi connectivity index (χ2v) is 8.98.